The third kappa shape index (κ3) is 4.04. The van der Waals surface area contributed by atoms with Gasteiger partial charge in [0, 0.05) is 51.4 Å². The van der Waals surface area contributed by atoms with Crippen molar-refractivity contribution in [3.8, 4) is 0 Å². The van der Waals surface area contributed by atoms with E-state index < -0.39 is 0 Å². The quantitative estimate of drug-likeness (QED) is 0.816. The molecule has 1 aromatic heterocycles. The molecule has 0 saturated carbocycles. The molecule has 1 aromatic carbocycles. The summed E-state index contributed by atoms with van der Waals surface area (Å²) in [5.74, 6) is 0.778. The number of aromatic nitrogens is 2. The molecule has 0 radical (unpaired) electrons. The van der Waals surface area contributed by atoms with Gasteiger partial charge in [0.25, 0.3) is 0 Å². The van der Waals surface area contributed by atoms with Crippen molar-refractivity contribution < 1.29 is 9.59 Å². The maximum Gasteiger partial charge on any atom is 0.224 e. The Balaban J connectivity index is 1.43. The number of benzene rings is 1. The first-order chi connectivity index (χ1) is 13.2. The number of amides is 2. The zero-order valence-corrected chi connectivity index (χ0v) is 15.5. The van der Waals surface area contributed by atoms with E-state index in [0.29, 0.717) is 38.4 Å². The molecule has 142 valence electrons. The Labute approximate surface area is 159 Å². The Bertz CT molecular complexity index is 775. The van der Waals surface area contributed by atoms with E-state index in [1.807, 2.05) is 38.8 Å². The van der Waals surface area contributed by atoms with Crippen LogP contribution in [0.15, 0.2) is 49.1 Å². The Kier molecular flexibility index (Phi) is 5.23. The molecule has 2 fully saturated rings. The van der Waals surface area contributed by atoms with Gasteiger partial charge in [0.05, 0.1) is 12.4 Å². The van der Waals surface area contributed by atoms with E-state index in [1.165, 1.54) is 0 Å². The molecule has 0 aliphatic carbocycles. The van der Waals surface area contributed by atoms with Gasteiger partial charge in [0.2, 0.25) is 11.8 Å². The molecular weight excluding hydrogens is 340 g/mol. The molecule has 2 aromatic rings. The van der Waals surface area contributed by atoms with Crippen LogP contribution in [0, 0.1) is 5.92 Å². The zero-order valence-electron chi connectivity index (χ0n) is 15.5. The summed E-state index contributed by atoms with van der Waals surface area (Å²) in [7, 11) is 0. The van der Waals surface area contributed by atoms with E-state index in [2.05, 4.69) is 17.1 Å². The van der Waals surface area contributed by atoms with Gasteiger partial charge < -0.3 is 14.4 Å². The molecule has 27 heavy (non-hydrogen) atoms. The second-order valence-electron chi connectivity index (χ2n) is 7.58. The first-order valence-electron chi connectivity index (χ1n) is 9.77. The molecule has 2 saturated heterocycles. The van der Waals surface area contributed by atoms with Crippen molar-refractivity contribution in [2.24, 2.45) is 5.92 Å². The number of hydrogen-bond donors (Lipinski definition) is 0. The van der Waals surface area contributed by atoms with Crippen LogP contribution in [0.2, 0.25) is 0 Å². The first kappa shape index (κ1) is 17.8. The van der Waals surface area contributed by atoms with Gasteiger partial charge in [0.15, 0.2) is 0 Å². The lowest BCUT2D eigenvalue weighted by molar-refractivity contribution is -0.135. The Hall–Kier alpha value is -2.63. The molecule has 2 amide bonds. The minimum Gasteiger partial charge on any atom is -0.340 e. The lowest BCUT2D eigenvalue weighted by atomic mass is 9.98. The summed E-state index contributed by atoms with van der Waals surface area (Å²) in [6.45, 7) is 2.72. The van der Waals surface area contributed by atoms with Crippen LogP contribution in [0.5, 0.6) is 0 Å². The third-order valence-electron chi connectivity index (χ3n) is 5.78. The molecule has 2 aliphatic rings. The van der Waals surface area contributed by atoms with Crippen LogP contribution in [0.3, 0.4) is 0 Å². The highest BCUT2D eigenvalue weighted by molar-refractivity contribution is 5.78. The van der Waals surface area contributed by atoms with E-state index in [4.69, 9.17) is 0 Å². The van der Waals surface area contributed by atoms with E-state index in [0.717, 1.165) is 24.9 Å². The van der Waals surface area contributed by atoms with Gasteiger partial charge in [-0.05, 0) is 24.3 Å². The number of likely N-dealkylation sites (tertiary alicyclic amines) is 2. The van der Waals surface area contributed by atoms with Crippen LogP contribution in [-0.4, -0.2) is 50.3 Å². The van der Waals surface area contributed by atoms with E-state index in [-0.39, 0.29) is 17.9 Å². The molecule has 0 unspecified atom stereocenters. The highest BCUT2D eigenvalue weighted by Crippen LogP contribution is 2.32. The topological polar surface area (TPSA) is 58.4 Å². The van der Waals surface area contributed by atoms with Gasteiger partial charge in [-0.2, -0.15) is 0 Å². The highest BCUT2D eigenvalue weighted by atomic mass is 16.2. The van der Waals surface area contributed by atoms with Crippen molar-refractivity contribution in [2.45, 2.75) is 44.8 Å². The number of rotatable bonds is 5. The van der Waals surface area contributed by atoms with Crippen LogP contribution in [-0.2, 0) is 22.7 Å². The van der Waals surface area contributed by atoms with Gasteiger partial charge >= 0.3 is 0 Å². The van der Waals surface area contributed by atoms with Gasteiger partial charge in [-0.3, -0.25) is 9.59 Å². The van der Waals surface area contributed by atoms with Crippen LogP contribution >= 0.6 is 0 Å². The van der Waals surface area contributed by atoms with Crippen molar-refractivity contribution in [3.05, 3.63) is 54.6 Å². The third-order valence-corrected chi connectivity index (χ3v) is 5.78. The van der Waals surface area contributed by atoms with E-state index >= 15 is 0 Å². The van der Waals surface area contributed by atoms with Crippen molar-refractivity contribution in [1.82, 2.24) is 19.4 Å². The molecule has 0 spiro atoms. The number of carbonyl (C=O) groups excluding carboxylic acids is 2. The fraction of sp³-hybridized carbons (Fsp3) is 0.476. The summed E-state index contributed by atoms with van der Waals surface area (Å²) in [6.07, 6.45) is 8.38. The number of hydrogen-bond acceptors (Lipinski definition) is 3. The number of nitrogens with zero attached hydrogens (tertiary/aromatic N) is 4. The number of imidazole rings is 1. The summed E-state index contributed by atoms with van der Waals surface area (Å²) in [6, 6.07) is 10.3. The molecule has 4 rings (SSSR count). The molecule has 3 heterocycles. The Morgan fingerprint density at radius 2 is 2.04 bits per heavy atom. The highest BCUT2D eigenvalue weighted by Gasteiger charge is 2.41. The molecule has 0 N–H and O–H groups in total. The lowest BCUT2D eigenvalue weighted by Gasteiger charge is -2.30. The predicted octanol–water partition coefficient (Wildman–Crippen LogP) is 2.31. The molecule has 6 nitrogen and oxygen atoms in total. The number of aryl methyl sites for hydroxylation is 1. The molecular formula is C21H26N4O2. The van der Waals surface area contributed by atoms with Gasteiger partial charge in [-0.15, -0.1) is 0 Å². The molecule has 6 heteroatoms. The molecule has 0 bridgehead atoms. The largest absolute Gasteiger partial charge is 0.340 e. The Morgan fingerprint density at radius 3 is 2.81 bits per heavy atom. The average Bonchev–Trinajstić information content (AvgIpc) is 3.32. The summed E-state index contributed by atoms with van der Waals surface area (Å²) < 4.78 is 1.93. The minimum absolute atomic E-state index is 0.136. The van der Waals surface area contributed by atoms with Crippen molar-refractivity contribution in [3.63, 3.8) is 0 Å². The Morgan fingerprint density at radius 1 is 1.19 bits per heavy atom. The van der Waals surface area contributed by atoms with Crippen LogP contribution < -0.4 is 0 Å². The normalized spacial score (nSPS) is 22.6. The van der Waals surface area contributed by atoms with Crippen LogP contribution in [0.4, 0.5) is 0 Å². The fourth-order valence-corrected chi connectivity index (χ4v) is 4.33. The maximum atomic E-state index is 12.7. The van der Waals surface area contributed by atoms with E-state index in [9.17, 15) is 9.59 Å². The van der Waals surface area contributed by atoms with Crippen molar-refractivity contribution >= 4 is 11.8 Å². The average molecular weight is 366 g/mol. The molecule has 2 aliphatic heterocycles. The summed E-state index contributed by atoms with van der Waals surface area (Å²) in [5.41, 5.74) is 1.15. The van der Waals surface area contributed by atoms with Crippen LogP contribution in [0.1, 0.15) is 31.2 Å². The second kappa shape index (κ2) is 7.94. The smallest absolute Gasteiger partial charge is 0.224 e. The summed E-state index contributed by atoms with van der Waals surface area (Å²) in [5, 5.41) is 0. The summed E-state index contributed by atoms with van der Waals surface area (Å²) >= 11 is 0. The SMILES string of the molecule is O=C(CCn1ccnc1)N1C[C@H]2CCCC(=O)N(Cc3ccccc3)[C@H]2C1. The van der Waals surface area contributed by atoms with Crippen molar-refractivity contribution in [2.75, 3.05) is 13.1 Å². The molecule has 2 atom stereocenters. The number of carbonyl (C=O) groups is 2. The van der Waals surface area contributed by atoms with Gasteiger partial charge in [-0.1, -0.05) is 30.3 Å². The van der Waals surface area contributed by atoms with Gasteiger partial charge in [-0.25, -0.2) is 4.98 Å². The minimum atomic E-state index is 0.136. The predicted molar refractivity (Wildman–Crippen MR) is 102 cm³/mol. The maximum absolute atomic E-state index is 12.7. The number of fused-ring (bicyclic) bond motifs is 1. The lowest BCUT2D eigenvalue weighted by Crippen LogP contribution is -2.43. The van der Waals surface area contributed by atoms with Gasteiger partial charge in [0.1, 0.15) is 0 Å². The first-order valence-corrected chi connectivity index (χ1v) is 9.77. The van der Waals surface area contributed by atoms with E-state index in [1.54, 1.807) is 12.5 Å². The van der Waals surface area contributed by atoms with Crippen LogP contribution in [0.25, 0.3) is 0 Å². The standard InChI is InChI=1S/C21H26N4O2/c26-20(9-11-23-12-10-22-16-23)24-14-18-7-4-8-21(27)25(19(18)15-24)13-17-5-2-1-3-6-17/h1-3,5-6,10,12,16,18-19H,4,7-9,11,13-15H2/t18-,19+/m1/s1. The van der Waals surface area contributed by atoms with Crippen molar-refractivity contribution in [1.29, 1.82) is 0 Å². The monoisotopic (exact) mass is 366 g/mol. The zero-order chi connectivity index (χ0) is 18.6. The fourth-order valence-electron chi connectivity index (χ4n) is 4.33. The second-order valence-corrected chi connectivity index (χ2v) is 7.58. The summed E-state index contributed by atoms with van der Waals surface area (Å²) in [4.78, 5) is 33.4.